The zero-order valence-electron chi connectivity index (χ0n) is 38.1. The Morgan fingerprint density at radius 3 is 1.21 bits per heavy atom. The van der Waals surface area contributed by atoms with Gasteiger partial charge in [0.1, 0.15) is 0 Å². The van der Waals surface area contributed by atoms with E-state index in [1.54, 1.807) is 0 Å². The van der Waals surface area contributed by atoms with Crippen molar-refractivity contribution in [3.05, 3.63) is 261 Å². The molecular weight excluding hydrogens is 867 g/mol. The fraction of sp³-hybridized carbons (Fsp3) is 0. The molecule has 0 N–H and O–H groups in total. The zero-order valence-corrected chi connectivity index (χ0v) is 38.9. The molecule has 0 aliphatic heterocycles. The maximum atomic E-state index is 2.41. The van der Waals surface area contributed by atoms with Crippen LogP contribution in [0.1, 0.15) is 0 Å². The van der Waals surface area contributed by atoms with Crippen LogP contribution >= 0.6 is 11.3 Å². The minimum atomic E-state index is 1.12. The molecule has 0 aliphatic carbocycles. The van der Waals surface area contributed by atoms with Crippen molar-refractivity contribution in [2.45, 2.75) is 0 Å². The van der Waals surface area contributed by atoms with Crippen LogP contribution in [0.4, 0.5) is 17.1 Å². The molecule has 70 heavy (non-hydrogen) atoms. The molecule has 0 atom stereocenters. The summed E-state index contributed by atoms with van der Waals surface area (Å²) in [6.45, 7) is 0. The van der Waals surface area contributed by atoms with E-state index in [0.29, 0.717) is 0 Å². The highest BCUT2D eigenvalue weighted by Crippen LogP contribution is 2.43. The average Bonchev–Trinajstić information content (AvgIpc) is 4.09. The maximum absolute atomic E-state index is 2.41. The molecule has 3 nitrogen and oxygen atoms in total. The zero-order chi connectivity index (χ0) is 46.1. The quantitative estimate of drug-likeness (QED) is 0.148. The lowest BCUT2D eigenvalue weighted by atomic mass is 9.98. The second-order valence-electron chi connectivity index (χ2n) is 18.1. The Kier molecular flexibility index (Phi) is 9.39. The lowest BCUT2D eigenvalue weighted by Gasteiger charge is -2.26. The van der Waals surface area contributed by atoms with Gasteiger partial charge in [-0.3, -0.25) is 0 Å². The summed E-state index contributed by atoms with van der Waals surface area (Å²) >= 11 is 1.85. The van der Waals surface area contributed by atoms with Crippen LogP contribution in [-0.2, 0) is 0 Å². The van der Waals surface area contributed by atoms with E-state index in [1.165, 1.54) is 103 Å². The molecule has 0 aliphatic rings. The number of anilines is 3. The molecule has 11 aromatic carbocycles. The maximum Gasteiger partial charge on any atom is 0.0541 e. The SMILES string of the molecule is c1ccc(N(c2ccc(-c3ccc(-c4ccc5c(c4)c4cc(-c6ccc7c(c6)c6ccccc6n7-c6ccccc6)ccc4n5-c4ccccc4)cc3)cc2)c2ccc3sc4ccccc4c3c2)cc1. The third-order valence-electron chi connectivity index (χ3n) is 14.1. The molecule has 0 fully saturated rings. The van der Waals surface area contributed by atoms with Crippen LogP contribution < -0.4 is 4.90 Å². The molecule has 0 saturated carbocycles. The number of para-hydroxylation sites is 4. The first kappa shape index (κ1) is 40.1. The van der Waals surface area contributed by atoms with Gasteiger partial charge >= 0.3 is 0 Å². The Morgan fingerprint density at radius 1 is 0.243 bits per heavy atom. The molecular formula is C66H43N3S. The van der Waals surface area contributed by atoms with Gasteiger partial charge < -0.3 is 14.0 Å². The first-order valence-electron chi connectivity index (χ1n) is 23.9. The van der Waals surface area contributed by atoms with Crippen LogP contribution in [0, 0.1) is 0 Å². The highest BCUT2D eigenvalue weighted by Gasteiger charge is 2.18. The Morgan fingerprint density at radius 2 is 0.629 bits per heavy atom. The second kappa shape index (κ2) is 16.4. The van der Waals surface area contributed by atoms with Gasteiger partial charge in [-0.25, -0.2) is 0 Å². The first-order chi connectivity index (χ1) is 34.7. The molecule has 0 amide bonds. The van der Waals surface area contributed by atoms with E-state index < -0.39 is 0 Å². The molecule has 0 saturated heterocycles. The van der Waals surface area contributed by atoms with Crippen molar-refractivity contribution in [3.8, 4) is 44.8 Å². The molecule has 14 aromatic rings. The van der Waals surface area contributed by atoms with Gasteiger partial charge in [-0.1, -0.05) is 146 Å². The molecule has 0 bridgehead atoms. The van der Waals surface area contributed by atoms with Crippen LogP contribution in [0.5, 0.6) is 0 Å². The normalized spacial score (nSPS) is 11.7. The second-order valence-corrected chi connectivity index (χ2v) is 19.2. The highest BCUT2D eigenvalue weighted by atomic mass is 32.1. The molecule has 328 valence electrons. The smallest absolute Gasteiger partial charge is 0.0541 e. The van der Waals surface area contributed by atoms with Crippen LogP contribution in [-0.4, -0.2) is 9.13 Å². The molecule has 14 rings (SSSR count). The summed E-state index contributed by atoms with van der Waals surface area (Å²) in [6.07, 6.45) is 0. The van der Waals surface area contributed by atoms with Crippen molar-refractivity contribution < 1.29 is 0 Å². The topological polar surface area (TPSA) is 13.1 Å². The number of nitrogens with zero attached hydrogens (tertiary/aromatic N) is 3. The van der Waals surface area contributed by atoms with E-state index >= 15 is 0 Å². The number of benzene rings is 11. The van der Waals surface area contributed by atoms with Crippen LogP contribution in [0.25, 0.3) is 109 Å². The Labute approximate surface area is 409 Å². The summed E-state index contributed by atoms with van der Waals surface area (Å²) in [5.74, 6) is 0. The van der Waals surface area contributed by atoms with Crippen LogP contribution in [0.3, 0.4) is 0 Å². The number of fused-ring (bicyclic) bond motifs is 9. The van der Waals surface area contributed by atoms with Gasteiger partial charge in [0.05, 0.1) is 22.1 Å². The van der Waals surface area contributed by atoms with Gasteiger partial charge in [-0.05, 0) is 149 Å². The first-order valence-corrected chi connectivity index (χ1v) is 24.7. The average molecular weight is 910 g/mol. The summed E-state index contributed by atoms with van der Waals surface area (Å²) < 4.78 is 7.41. The summed E-state index contributed by atoms with van der Waals surface area (Å²) in [6, 6.07) is 95.3. The van der Waals surface area contributed by atoms with Crippen molar-refractivity contribution in [2.24, 2.45) is 0 Å². The number of aromatic nitrogens is 2. The largest absolute Gasteiger partial charge is 0.310 e. The molecule has 3 heterocycles. The number of hydrogen-bond acceptors (Lipinski definition) is 2. The van der Waals surface area contributed by atoms with Crippen molar-refractivity contribution in [1.82, 2.24) is 9.13 Å². The predicted molar refractivity (Wildman–Crippen MR) is 299 cm³/mol. The highest BCUT2D eigenvalue weighted by molar-refractivity contribution is 7.25. The predicted octanol–water partition coefficient (Wildman–Crippen LogP) is 18.7. The Hall–Kier alpha value is -8.96. The van der Waals surface area contributed by atoms with Crippen LogP contribution in [0.2, 0.25) is 0 Å². The fourth-order valence-corrected chi connectivity index (χ4v) is 11.9. The van der Waals surface area contributed by atoms with Gasteiger partial charge in [0.2, 0.25) is 0 Å². The monoisotopic (exact) mass is 909 g/mol. The standard InChI is InChI=1S/C66H43N3S/c1-4-14-50(15-5-1)67(54-35-39-66-60(43-54)56-21-11-13-23-65(56)70-66)53-33-28-45(29-34-53)44-24-26-46(27-25-44)47-30-36-63-58(40-47)59-42-49(32-38-64(59)69(63)52-18-8-3-9-19-52)48-31-37-62-57(41-48)55-20-10-12-22-61(55)68(62)51-16-6-2-7-17-51/h1-43H. The van der Waals surface area contributed by atoms with Gasteiger partial charge in [-0.15, -0.1) is 11.3 Å². The Bertz CT molecular complexity index is 4260. The molecule has 0 radical (unpaired) electrons. The van der Waals surface area contributed by atoms with Gasteiger partial charge in [0, 0.05) is 70.2 Å². The number of rotatable bonds is 8. The summed E-state index contributed by atoms with van der Waals surface area (Å²) in [5, 5.41) is 7.56. The molecule has 0 unspecified atom stereocenters. The number of thiophene rings is 1. The van der Waals surface area contributed by atoms with Crippen molar-refractivity contribution >= 4 is 92.2 Å². The van der Waals surface area contributed by atoms with E-state index in [2.05, 4.69) is 275 Å². The van der Waals surface area contributed by atoms with Crippen molar-refractivity contribution in [2.75, 3.05) is 4.90 Å². The van der Waals surface area contributed by atoms with Crippen molar-refractivity contribution in [1.29, 1.82) is 0 Å². The summed E-state index contributed by atoms with van der Waals surface area (Å²) in [4.78, 5) is 2.36. The van der Waals surface area contributed by atoms with E-state index in [0.717, 1.165) is 22.7 Å². The molecule has 4 heteroatoms. The van der Waals surface area contributed by atoms with Gasteiger partial charge in [-0.2, -0.15) is 0 Å². The van der Waals surface area contributed by atoms with E-state index in [9.17, 15) is 0 Å². The lowest BCUT2D eigenvalue weighted by molar-refractivity contribution is 1.18. The molecule has 0 spiro atoms. The van der Waals surface area contributed by atoms with Gasteiger partial charge in [0.25, 0.3) is 0 Å². The summed E-state index contributed by atoms with van der Waals surface area (Å²) in [7, 11) is 0. The van der Waals surface area contributed by atoms with E-state index in [1.807, 2.05) is 11.3 Å². The molecule has 3 aromatic heterocycles. The number of hydrogen-bond donors (Lipinski definition) is 0. The van der Waals surface area contributed by atoms with Crippen LogP contribution in [0.15, 0.2) is 261 Å². The van der Waals surface area contributed by atoms with E-state index in [4.69, 9.17) is 0 Å². The Balaban J connectivity index is 0.820. The van der Waals surface area contributed by atoms with Gasteiger partial charge in [0.15, 0.2) is 0 Å². The third kappa shape index (κ3) is 6.64. The lowest BCUT2D eigenvalue weighted by Crippen LogP contribution is -2.09. The minimum Gasteiger partial charge on any atom is -0.310 e. The fourth-order valence-electron chi connectivity index (χ4n) is 10.8. The van der Waals surface area contributed by atoms with E-state index in [-0.39, 0.29) is 0 Å². The third-order valence-corrected chi connectivity index (χ3v) is 15.3. The minimum absolute atomic E-state index is 1.12. The van der Waals surface area contributed by atoms with Crippen molar-refractivity contribution in [3.63, 3.8) is 0 Å². The summed E-state index contributed by atoms with van der Waals surface area (Å²) in [5.41, 5.74) is 17.6.